The van der Waals surface area contributed by atoms with Crippen LogP contribution in [0.5, 0.6) is 11.5 Å². The van der Waals surface area contributed by atoms with Crippen LogP contribution in [0.4, 0.5) is 0 Å². The molecule has 126 valence electrons. The van der Waals surface area contributed by atoms with Crippen molar-refractivity contribution in [3.63, 3.8) is 0 Å². The Kier molecular flexibility index (Phi) is 5.78. The van der Waals surface area contributed by atoms with Crippen molar-refractivity contribution in [1.82, 2.24) is 4.72 Å². The van der Waals surface area contributed by atoms with E-state index in [1.807, 2.05) is 6.92 Å². The molecule has 0 fully saturated rings. The Labute approximate surface area is 142 Å². The quantitative estimate of drug-likeness (QED) is 0.683. The van der Waals surface area contributed by atoms with Crippen molar-refractivity contribution >= 4 is 22.4 Å². The molecule has 0 amide bonds. The van der Waals surface area contributed by atoms with Crippen molar-refractivity contribution in [2.75, 3.05) is 13.7 Å². The van der Waals surface area contributed by atoms with Crippen LogP contribution in [0.2, 0.25) is 5.02 Å². The smallest absolute Gasteiger partial charge is 0.130 e. The molecule has 1 atom stereocenters. The van der Waals surface area contributed by atoms with E-state index in [4.69, 9.17) is 20.9 Å². The fourth-order valence-electron chi connectivity index (χ4n) is 2.18. The molecule has 0 saturated heterocycles. The zero-order valence-corrected chi connectivity index (χ0v) is 14.5. The van der Waals surface area contributed by atoms with Crippen molar-refractivity contribution in [2.45, 2.75) is 18.2 Å². The molecular formula is C16H21ClNO4S+. The molecule has 5 N–H and O–H groups in total. The molecule has 0 heterocycles. The normalized spacial score (nSPS) is 15.0. The van der Waals surface area contributed by atoms with Crippen LogP contribution >= 0.6 is 22.4 Å². The lowest BCUT2D eigenvalue weighted by Crippen LogP contribution is -2.20. The Morgan fingerprint density at radius 1 is 1.30 bits per heavy atom. The Morgan fingerprint density at radius 2 is 2.04 bits per heavy atom. The predicted molar refractivity (Wildman–Crippen MR) is 95.5 cm³/mol. The third-order valence-corrected chi connectivity index (χ3v) is 5.21. The number of aromatic hydroxyl groups is 1. The predicted octanol–water partition coefficient (Wildman–Crippen LogP) is 3.91. The van der Waals surface area contributed by atoms with Crippen LogP contribution in [-0.2, 0) is 0 Å². The van der Waals surface area contributed by atoms with Gasteiger partial charge in [-0.15, -0.1) is 0 Å². The van der Waals surface area contributed by atoms with Gasteiger partial charge in [-0.1, -0.05) is 30.7 Å². The van der Waals surface area contributed by atoms with Gasteiger partial charge in [-0.25, -0.2) is 4.55 Å². The fourth-order valence-corrected chi connectivity index (χ4v) is 3.74. The number of phenolic OH excluding ortho intramolecular Hbond substituents is 1. The van der Waals surface area contributed by atoms with E-state index in [1.54, 1.807) is 36.4 Å². The first-order valence-electron chi connectivity index (χ1n) is 7.11. The summed E-state index contributed by atoms with van der Waals surface area (Å²) in [6.45, 7) is 2.51. The number of halogens is 1. The Bertz CT molecular complexity index is 694. The molecule has 0 aliphatic heterocycles. The summed E-state index contributed by atoms with van der Waals surface area (Å²) in [5.74, 6) is 0.550. The number of ether oxygens (including phenoxy) is 1. The highest BCUT2D eigenvalue weighted by atomic mass is 35.5. The number of hydrogen-bond acceptors (Lipinski definition) is 4. The van der Waals surface area contributed by atoms with Gasteiger partial charge in [0.05, 0.1) is 17.7 Å². The maximum atomic E-state index is 10.3. The minimum Gasteiger partial charge on any atom is -0.507 e. The number of benzene rings is 2. The van der Waals surface area contributed by atoms with Crippen molar-refractivity contribution in [3.05, 3.63) is 41.4 Å². The highest BCUT2D eigenvalue weighted by Crippen LogP contribution is 2.48. The summed E-state index contributed by atoms with van der Waals surface area (Å²) in [6, 6.07) is 9.83. The summed E-state index contributed by atoms with van der Waals surface area (Å²) in [7, 11) is -1.33. The summed E-state index contributed by atoms with van der Waals surface area (Å²) < 4.78 is 26.4. The van der Waals surface area contributed by atoms with E-state index in [0.29, 0.717) is 33.3 Å². The number of hydrogen-bond donors (Lipinski definition) is 3. The molecular weight excluding hydrogens is 338 g/mol. The van der Waals surface area contributed by atoms with Crippen molar-refractivity contribution in [3.8, 4) is 22.6 Å². The van der Waals surface area contributed by atoms with E-state index in [1.165, 1.54) is 7.11 Å². The van der Waals surface area contributed by atoms with Gasteiger partial charge in [0.1, 0.15) is 16.4 Å². The standard InChI is InChI=1S/C16H20ClNO4S/c1-3-9-18-23(20,21)11-7-8-12(13(17)10-11)16-14(19)5-4-6-15(16)22-2/h4-8,10,18-21H,3,9H2,1-2H3/p+1. The molecule has 23 heavy (non-hydrogen) atoms. The van der Waals surface area contributed by atoms with E-state index < -0.39 is 10.8 Å². The van der Waals surface area contributed by atoms with Gasteiger partial charge in [0.15, 0.2) is 0 Å². The van der Waals surface area contributed by atoms with Crippen LogP contribution < -0.4 is 9.46 Å². The van der Waals surface area contributed by atoms with Gasteiger partial charge in [0.25, 0.3) is 0 Å². The molecule has 0 bridgehead atoms. The molecule has 0 radical (unpaired) electrons. The van der Waals surface area contributed by atoms with Gasteiger partial charge in [-0.3, -0.25) is 0 Å². The van der Waals surface area contributed by atoms with Crippen molar-refractivity contribution in [2.24, 2.45) is 0 Å². The first-order chi connectivity index (χ1) is 10.9. The summed E-state index contributed by atoms with van der Waals surface area (Å²) in [6.07, 6.45) is 0.815. The molecule has 5 nitrogen and oxygen atoms in total. The third-order valence-electron chi connectivity index (χ3n) is 3.34. The SMILES string of the molecule is CCCNS(O)([OH2+])c1ccc(-c2c(O)cccc2OC)c(Cl)c1. The third kappa shape index (κ3) is 3.91. The number of rotatable bonds is 6. The largest absolute Gasteiger partial charge is 0.507 e. The maximum Gasteiger partial charge on any atom is 0.130 e. The first-order valence-corrected chi connectivity index (χ1v) is 9.08. The summed E-state index contributed by atoms with van der Waals surface area (Å²) in [5.41, 5.74) is 1.06. The molecule has 0 aliphatic carbocycles. The minimum atomic E-state index is -2.85. The summed E-state index contributed by atoms with van der Waals surface area (Å²) >= 11 is 6.33. The second-order valence-electron chi connectivity index (χ2n) is 4.97. The van der Waals surface area contributed by atoms with Crippen LogP contribution in [0.15, 0.2) is 41.3 Å². The van der Waals surface area contributed by atoms with Gasteiger partial charge in [-0.05, 0) is 41.5 Å². The Hall–Kier alpha value is -1.44. The molecule has 2 aromatic carbocycles. The van der Waals surface area contributed by atoms with Crippen molar-refractivity contribution in [1.29, 1.82) is 0 Å². The van der Waals surface area contributed by atoms with Gasteiger partial charge in [-0.2, -0.15) is 4.72 Å². The zero-order chi connectivity index (χ0) is 17.0. The molecule has 1 unspecified atom stereocenters. The van der Waals surface area contributed by atoms with Crippen LogP contribution in [-0.4, -0.2) is 27.9 Å². The number of nitrogens with one attached hydrogen (secondary N) is 1. The maximum absolute atomic E-state index is 10.3. The van der Waals surface area contributed by atoms with Crippen LogP contribution in [0.25, 0.3) is 11.1 Å². The van der Waals surface area contributed by atoms with E-state index in [9.17, 15) is 9.66 Å². The molecule has 0 aromatic heterocycles. The fraction of sp³-hybridized carbons (Fsp3) is 0.250. The van der Waals surface area contributed by atoms with Crippen LogP contribution in [0.1, 0.15) is 13.3 Å². The first kappa shape index (κ1) is 17.9. The Balaban J connectivity index is 2.45. The van der Waals surface area contributed by atoms with E-state index in [2.05, 4.69) is 4.72 Å². The van der Waals surface area contributed by atoms with E-state index in [0.717, 1.165) is 6.42 Å². The number of phenols is 1. The van der Waals surface area contributed by atoms with E-state index in [-0.39, 0.29) is 5.75 Å². The molecule has 0 aliphatic rings. The van der Waals surface area contributed by atoms with Gasteiger partial charge in [0.2, 0.25) is 0 Å². The highest BCUT2D eigenvalue weighted by molar-refractivity contribution is 8.22. The summed E-state index contributed by atoms with van der Waals surface area (Å²) in [5, 5.41) is 10.4. The number of methoxy groups -OCH3 is 1. The molecule has 0 spiro atoms. The van der Waals surface area contributed by atoms with Crippen LogP contribution in [0.3, 0.4) is 0 Å². The topological polar surface area (TPSA) is 84.6 Å². The van der Waals surface area contributed by atoms with Gasteiger partial charge >= 0.3 is 0 Å². The Morgan fingerprint density at radius 3 is 2.65 bits per heavy atom. The lowest BCUT2D eigenvalue weighted by Gasteiger charge is -2.28. The summed E-state index contributed by atoms with van der Waals surface area (Å²) in [4.78, 5) is 0.411. The van der Waals surface area contributed by atoms with Crippen LogP contribution in [0, 0.1) is 0 Å². The molecule has 7 heteroatoms. The minimum absolute atomic E-state index is 0.0524. The molecule has 2 rings (SSSR count). The van der Waals surface area contributed by atoms with E-state index >= 15 is 0 Å². The molecule has 0 saturated carbocycles. The zero-order valence-electron chi connectivity index (χ0n) is 13.0. The molecule has 2 aromatic rings. The average molecular weight is 359 g/mol. The second kappa shape index (κ2) is 7.42. The van der Waals surface area contributed by atoms with Crippen molar-refractivity contribution < 1.29 is 18.9 Å². The lowest BCUT2D eigenvalue weighted by atomic mass is 10.0. The van der Waals surface area contributed by atoms with Gasteiger partial charge in [0, 0.05) is 12.1 Å². The monoisotopic (exact) mass is 358 g/mol. The second-order valence-corrected chi connectivity index (χ2v) is 7.30. The van der Waals surface area contributed by atoms with Gasteiger partial charge < -0.3 is 14.4 Å². The highest BCUT2D eigenvalue weighted by Gasteiger charge is 2.22. The lowest BCUT2D eigenvalue weighted by molar-refractivity contribution is 0.410. The average Bonchev–Trinajstić information content (AvgIpc) is 2.53.